The van der Waals surface area contributed by atoms with Crippen molar-refractivity contribution >= 4 is 23.7 Å². The third kappa shape index (κ3) is 9.59. The molecule has 0 aromatic heterocycles. The SMILES string of the molecule is CC(C)CCC(NC(=O)OC(C)(C)C)C(=O)OCCl. The average Bonchev–Trinajstić information content (AvgIpc) is 2.21. The van der Waals surface area contributed by atoms with E-state index in [4.69, 9.17) is 21.1 Å². The van der Waals surface area contributed by atoms with Crippen LogP contribution in [0.2, 0.25) is 0 Å². The average molecular weight is 294 g/mol. The predicted molar refractivity (Wildman–Crippen MR) is 74.0 cm³/mol. The van der Waals surface area contributed by atoms with Crippen molar-refractivity contribution in [3.05, 3.63) is 0 Å². The molecule has 6 heteroatoms. The van der Waals surface area contributed by atoms with Crippen LogP contribution in [-0.4, -0.2) is 29.8 Å². The normalized spacial score (nSPS) is 13.0. The van der Waals surface area contributed by atoms with Gasteiger partial charge >= 0.3 is 12.1 Å². The largest absolute Gasteiger partial charge is 0.448 e. The van der Waals surface area contributed by atoms with Crippen molar-refractivity contribution in [1.82, 2.24) is 5.32 Å². The summed E-state index contributed by atoms with van der Waals surface area (Å²) in [4.78, 5) is 23.3. The molecule has 1 N–H and O–H groups in total. The molecule has 1 amide bonds. The van der Waals surface area contributed by atoms with Crippen molar-refractivity contribution in [2.75, 3.05) is 6.07 Å². The quantitative estimate of drug-likeness (QED) is 0.604. The van der Waals surface area contributed by atoms with E-state index in [1.54, 1.807) is 20.8 Å². The zero-order valence-corrected chi connectivity index (χ0v) is 13.0. The number of esters is 1. The number of amides is 1. The van der Waals surface area contributed by atoms with E-state index in [0.29, 0.717) is 12.3 Å². The summed E-state index contributed by atoms with van der Waals surface area (Å²) < 4.78 is 9.84. The van der Waals surface area contributed by atoms with Crippen LogP contribution in [-0.2, 0) is 14.3 Å². The van der Waals surface area contributed by atoms with Gasteiger partial charge in [0.1, 0.15) is 11.6 Å². The van der Waals surface area contributed by atoms with Gasteiger partial charge in [-0.15, -0.1) is 0 Å². The lowest BCUT2D eigenvalue weighted by atomic mass is 10.0. The summed E-state index contributed by atoms with van der Waals surface area (Å²) in [7, 11) is 0. The Morgan fingerprint density at radius 2 is 1.79 bits per heavy atom. The number of alkyl carbamates (subject to hydrolysis) is 1. The second kappa shape index (κ2) is 8.25. The first-order valence-corrected chi connectivity index (χ1v) is 6.91. The van der Waals surface area contributed by atoms with E-state index in [0.717, 1.165) is 6.42 Å². The molecular formula is C13H24ClNO4. The molecule has 0 saturated carbocycles. The molecule has 5 nitrogen and oxygen atoms in total. The van der Waals surface area contributed by atoms with Crippen molar-refractivity contribution in [1.29, 1.82) is 0 Å². The fourth-order valence-electron chi connectivity index (χ4n) is 1.35. The molecule has 0 rings (SSSR count). The number of ether oxygens (including phenoxy) is 2. The molecule has 0 spiro atoms. The summed E-state index contributed by atoms with van der Waals surface area (Å²) >= 11 is 5.36. The Morgan fingerprint density at radius 1 is 1.21 bits per heavy atom. The fraction of sp³-hybridized carbons (Fsp3) is 0.846. The topological polar surface area (TPSA) is 64.6 Å². The molecule has 112 valence electrons. The summed E-state index contributed by atoms with van der Waals surface area (Å²) in [5.41, 5.74) is -0.608. The van der Waals surface area contributed by atoms with Crippen LogP contribution in [0.4, 0.5) is 4.79 Å². The number of nitrogens with one attached hydrogen (secondary N) is 1. The minimum atomic E-state index is -0.726. The lowest BCUT2D eigenvalue weighted by Gasteiger charge is -2.23. The van der Waals surface area contributed by atoms with Crippen molar-refractivity contribution in [2.24, 2.45) is 5.92 Å². The number of carbonyl (C=O) groups excluding carboxylic acids is 2. The summed E-state index contributed by atoms with van der Waals surface area (Å²) in [6, 6.07) is -0.955. The zero-order chi connectivity index (χ0) is 15.1. The molecule has 0 saturated heterocycles. The van der Waals surface area contributed by atoms with Gasteiger partial charge in [-0.1, -0.05) is 25.4 Å². The molecule has 0 radical (unpaired) electrons. The number of carbonyl (C=O) groups is 2. The molecule has 0 bridgehead atoms. The van der Waals surface area contributed by atoms with Crippen LogP contribution in [0.1, 0.15) is 47.5 Å². The minimum Gasteiger partial charge on any atom is -0.448 e. The fourth-order valence-corrected chi connectivity index (χ4v) is 1.46. The van der Waals surface area contributed by atoms with Crippen LogP contribution < -0.4 is 5.32 Å². The Morgan fingerprint density at radius 3 is 2.21 bits per heavy atom. The minimum absolute atomic E-state index is 0.229. The first kappa shape index (κ1) is 18.0. The van der Waals surface area contributed by atoms with Crippen molar-refractivity contribution in [2.45, 2.75) is 59.1 Å². The van der Waals surface area contributed by atoms with Gasteiger partial charge in [0, 0.05) is 0 Å². The van der Waals surface area contributed by atoms with Gasteiger partial charge in [-0.2, -0.15) is 0 Å². The molecular weight excluding hydrogens is 270 g/mol. The second-order valence-corrected chi connectivity index (χ2v) is 5.96. The zero-order valence-electron chi connectivity index (χ0n) is 12.3. The van der Waals surface area contributed by atoms with Crippen molar-refractivity contribution < 1.29 is 19.1 Å². The van der Waals surface area contributed by atoms with Crippen molar-refractivity contribution in [3.8, 4) is 0 Å². The second-order valence-electron chi connectivity index (χ2n) is 5.74. The van der Waals surface area contributed by atoms with Crippen LogP contribution in [0.3, 0.4) is 0 Å². The third-order valence-corrected chi connectivity index (χ3v) is 2.31. The van der Waals surface area contributed by atoms with Gasteiger partial charge in [-0.05, 0) is 39.5 Å². The van der Waals surface area contributed by atoms with Gasteiger partial charge < -0.3 is 14.8 Å². The van der Waals surface area contributed by atoms with Crippen molar-refractivity contribution in [3.63, 3.8) is 0 Å². The van der Waals surface area contributed by atoms with Gasteiger partial charge in [0.25, 0.3) is 0 Å². The molecule has 0 fully saturated rings. The summed E-state index contributed by atoms with van der Waals surface area (Å²) in [6.45, 7) is 9.35. The highest BCUT2D eigenvalue weighted by molar-refractivity contribution is 6.17. The van der Waals surface area contributed by atoms with E-state index in [1.165, 1.54) is 0 Å². The molecule has 19 heavy (non-hydrogen) atoms. The standard InChI is InChI=1S/C13H24ClNO4/c1-9(2)6-7-10(11(16)18-8-14)15-12(17)19-13(3,4)5/h9-10H,6-8H2,1-5H3,(H,15,17). The van der Waals surface area contributed by atoms with Gasteiger partial charge in [-0.25, -0.2) is 9.59 Å². The Hall–Kier alpha value is -0.970. The Kier molecular flexibility index (Phi) is 7.83. The highest BCUT2D eigenvalue weighted by Gasteiger charge is 2.25. The van der Waals surface area contributed by atoms with E-state index >= 15 is 0 Å². The predicted octanol–water partition coefficient (Wildman–Crippen LogP) is 3.06. The highest BCUT2D eigenvalue weighted by atomic mass is 35.5. The number of halogens is 1. The number of hydrogen-bond donors (Lipinski definition) is 1. The first-order valence-electron chi connectivity index (χ1n) is 6.38. The smallest absolute Gasteiger partial charge is 0.408 e. The lowest BCUT2D eigenvalue weighted by Crippen LogP contribution is -2.44. The van der Waals surface area contributed by atoms with Gasteiger partial charge in [0.05, 0.1) is 0 Å². The van der Waals surface area contributed by atoms with Crippen LogP contribution in [0.25, 0.3) is 0 Å². The molecule has 1 unspecified atom stereocenters. The van der Waals surface area contributed by atoms with Crippen LogP contribution in [0.5, 0.6) is 0 Å². The van der Waals surface area contributed by atoms with E-state index in [9.17, 15) is 9.59 Å². The van der Waals surface area contributed by atoms with Crippen LogP contribution in [0.15, 0.2) is 0 Å². The van der Waals surface area contributed by atoms with Crippen LogP contribution >= 0.6 is 11.6 Å². The van der Waals surface area contributed by atoms with Gasteiger partial charge in [-0.3, -0.25) is 0 Å². The monoisotopic (exact) mass is 293 g/mol. The maximum absolute atomic E-state index is 11.7. The Labute approximate surface area is 120 Å². The van der Waals surface area contributed by atoms with Gasteiger partial charge in [0.15, 0.2) is 6.07 Å². The van der Waals surface area contributed by atoms with E-state index in [2.05, 4.69) is 5.32 Å². The first-order chi connectivity index (χ1) is 8.65. The lowest BCUT2D eigenvalue weighted by molar-refractivity contribution is -0.144. The molecule has 0 aliphatic heterocycles. The maximum Gasteiger partial charge on any atom is 0.408 e. The number of alkyl halides is 1. The molecule has 0 aliphatic rings. The Balaban J connectivity index is 4.48. The number of hydrogen-bond acceptors (Lipinski definition) is 4. The van der Waals surface area contributed by atoms with E-state index < -0.39 is 23.7 Å². The molecule has 1 atom stereocenters. The third-order valence-electron chi connectivity index (χ3n) is 2.20. The molecule has 0 heterocycles. The van der Waals surface area contributed by atoms with Gasteiger partial charge in [0.2, 0.25) is 0 Å². The maximum atomic E-state index is 11.7. The summed E-state index contributed by atoms with van der Waals surface area (Å²) in [6.07, 6.45) is 0.651. The van der Waals surface area contributed by atoms with Crippen LogP contribution in [0, 0.1) is 5.92 Å². The van der Waals surface area contributed by atoms with E-state index in [1.807, 2.05) is 13.8 Å². The molecule has 0 aliphatic carbocycles. The highest BCUT2D eigenvalue weighted by Crippen LogP contribution is 2.11. The summed E-state index contributed by atoms with van der Waals surface area (Å²) in [5.74, 6) is -0.117. The summed E-state index contributed by atoms with van der Waals surface area (Å²) in [5, 5.41) is 2.52. The van der Waals surface area contributed by atoms with E-state index in [-0.39, 0.29) is 6.07 Å². The number of rotatable bonds is 6. The molecule has 0 aromatic rings. The molecule has 0 aromatic carbocycles. The Bertz CT molecular complexity index is 300.